The van der Waals surface area contributed by atoms with Gasteiger partial charge in [-0.2, -0.15) is 0 Å². The van der Waals surface area contributed by atoms with Gasteiger partial charge in [0.25, 0.3) is 0 Å². The Morgan fingerprint density at radius 3 is 2.73 bits per heavy atom. The zero-order valence-corrected chi connectivity index (χ0v) is 6.62. The van der Waals surface area contributed by atoms with Gasteiger partial charge >= 0.3 is 0 Å². The molecule has 2 N–H and O–H groups in total. The van der Waals surface area contributed by atoms with Gasteiger partial charge in [-0.3, -0.25) is 0 Å². The molecule has 0 aromatic heterocycles. The largest absolute Gasteiger partial charge is 0.389 e. The Balaban J connectivity index is 1.67. The highest BCUT2D eigenvalue weighted by molar-refractivity contribution is 4.84. The fourth-order valence-corrected chi connectivity index (χ4v) is 1.38. The van der Waals surface area contributed by atoms with Crippen molar-refractivity contribution in [2.75, 3.05) is 19.8 Å². The van der Waals surface area contributed by atoms with Crippen LogP contribution >= 0.6 is 0 Å². The quantitative estimate of drug-likeness (QED) is 0.593. The van der Waals surface area contributed by atoms with E-state index in [1.165, 1.54) is 12.8 Å². The summed E-state index contributed by atoms with van der Waals surface area (Å²) >= 11 is 0. The molecule has 2 atom stereocenters. The minimum atomic E-state index is -0.284. The molecular weight excluding hydrogens is 142 g/mol. The zero-order chi connectivity index (χ0) is 7.68. The van der Waals surface area contributed by atoms with Crippen molar-refractivity contribution in [3.05, 3.63) is 0 Å². The van der Waals surface area contributed by atoms with Gasteiger partial charge in [0.2, 0.25) is 0 Å². The van der Waals surface area contributed by atoms with Gasteiger partial charge in [-0.1, -0.05) is 0 Å². The Morgan fingerprint density at radius 2 is 2.18 bits per heavy atom. The van der Waals surface area contributed by atoms with Crippen LogP contribution in [0.4, 0.5) is 0 Å². The van der Waals surface area contributed by atoms with Crippen molar-refractivity contribution in [3.8, 4) is 0 Å². The molecule has 1 saturated carbocycles. The minimum absolute atomic E-state index is 0.190. The number of ether oxygens (including phenoxy) is 1. The summed E-state index contributed by atoms with van der Waals surface area (Å²) in [7, 11) is 0. The molecule has 2 fully saturated rings. The topological polar surface area (TPSA) is 41.5 Å². The molecule has 3 nitrogen and oxygen atoms in total. The number of nitrogens with one attached hydrogen (secondary N) is 1. The SMILES string of the molecule is O[C@H]1COC[C@H]1NCC1CC1. The predicted octanol–water partition coefficient (Wildman–Crippen LogP) is -0.254. The van der Waals surface area contributed by atoms with Crippen molar-refractivity contribution in [3.63, 3.8) is 0 Å². The molecule has 0 spiro atoms. The summed E-state index contributed by atoms with van der Waals surface area (Å²) in [6.07, 6.45) is 2.43. The second kappa shape index (κ2) is 3.09. The van der Waals surface area contributed by atoms with E-state index in [1.807, 2.05) is 0 Å². The first-order chi connectivity index (χ1) is 5.36. The summed E-state index contributed by atoms with van der Waals surface area (Å²) in [6, 6.07) is 0.190. The van der Waals surface area contributed by atoms with E-state index < -0.39 is 0 Å². The van der Waals surface area contributed by atoms with Gasteiger partial charge in [0.1, 0.15) is 0 Å². The maximum Gasteiger partial charge on any atom is 0.0948 e. The molecule has 0 radical (unpaired) electrons. The van der Waals surface area contributed by atoms with Gasteiger partial charge < -0.3 is 15.2 Å². The lowest BCUT2D eigenvalue weighted by molar-refractivity contribution is 0.122. The van der Waals surface area contributed by atoms with E-state index in [9.17, 15) is 5.11 Å². The average molecular weight is 157 g/mol. The van der Waals surface area contributed by atoms with E-state index in [-0.39, 0.29) is 12.1 Å². The van der Waals surface area contributed by atoms with E-state index in [4.69, 9.17) is 4.74 Å². The third-order valence-electron chi connectivity index (χ3n) is 2.42. The Morgan fingerprint density at radius 1 is 1.36 bits per heavy atom. The highest BCUT2D eigenvalue weighted by Gasteiger charge is 2.28. The lowest BCUT2D eigenvalue weighted by Gasteiger charge is -2.13. The molecule has 11 heavy (non-hydrogen) atoms. The van der Waals surface area contributed by atoms with Gasteiger partial charge in [0, 0.05) is 0 Å². The predicted molar refractivity (Wildman–Crippen MR) is 41.3 cm³/mol. The normalized spacial score (nSPS) is 37.9. The summed E-state index contributed by atoms with van der Waals surface area (Å²) in [4.78, 5) is 0. The molecular formula is C8H15NO2. The molecule has 3 heteroatoms. The van der Waals surface area contributed by atoms with Crippen LogP contribution in [0.25, 0.3) is 0 Å². The van der Waals surface area contributed by atoms with Crippen molar-refractivity contribution in [1.29, 1.82) is 0 Å². The molecule has 1 aliphatic carbocycles. The molecule has 1 heterocycles. The van der Waals surface area contributed by atoms with E-state index >= 15 is 0 Å². The van der Waals surface area contributed by atoms with Gasteiger partial charge in [0.05, 0.1) is 25.4 Å². The van der Waals surface area contributed by atoms with E-state index in [1.54, 1.807) is 0 Å². The van der Waals surface area contributed by atoms with Crippen LogP contribution in [0.1, 0.15) is 12.8 Å². The van der Waals surface area contributed by atoms with Crippen LogP contribution in [-0.4, -0.2) is 37.0 Å². The molecule has 0 aromatic carbocycles. The molecule has 2 rings (SSSR count). The van der Waals surface area contributed by atoms with Crippen molar-refractivity contribution >= 4 is 0 Å². The van der Waals surface area contributed by atoms with Crippen LogP contribution in [-0.2, 0) is 4.74 Å². The fourth-order valence-electron chi connectivity index (χ4n) is 1.38. The highest BCUT2D eigenvalue weighted by atomic mass is 16.5. The van der Waals surface area contributed by atoms with Crippen LogP contribution in [0.5, 0.6) is 0 Å². The second-order valence-electron chi connectivity index (χ2n) is 3.56. The van der Waals surface area contributed by atoms with Crippen LogP contribution in [0.2, 0.25) is 0 Å². The highest BCUT2D eigenvalue weighted by Crippen LogP contribution is 2.27. The summed E-state index contributed by atoms with van der Waals surface area (Å²) < 4.78 is 5.11. The standard InChI is InChI=1S/C8H15NO2/c10-8-5-11-4-7(8)9-3-6-1-2-6/h6-10H,1-5H2/t7-,8+/m1/s1. The van der Waals surface area contributed by atoms with Crippen molar-refractivity contribution < 1.29 is 9.84 Å². The van der Waals surface area contributed by atoms with Gasteiger partial charge in [0.15, 0.2) is 0 Å². The van der Waals surface area contributed by atoms with Gasteiger partial charge in [-0.05, 0) is 25.3 Å². The van der Waals surface area contributed by atoms with Crippen molar-refractivity contribution in [2.24, 2.45) is 5.92 Å². The monoisotopic (exact) mass is 157 g/mol. The Hall–Kier alpha value is -0.120. The minimum Gasteiger partial charge on any atom is -0.389 e. The van der Waals surface area contributed by atoms with Crippen LogP contribution < -0.4 is 5.32 Å². The van der Waals surface area contributed by atoms with E-state index in [0.29, 0.717) is 13.2 Å². The molecule has 0 amide bonds. The summed E-state index contributed by atoms with van der Waals surface area (Å²) in [5.74, 6) is 0.878. The fraction of sp³-hybridized carbons (Fsp3) is 1.00. The smallest absolute Gasteiger partial charge is 0.0948 e. The number of aliphatic hydroxyl groups excluding tert-OH is 1. The average Bonchev–Trinajstić information content (AvgIpc) is 2.73. The lowest BCUT2D eigenvalue weighted by atomic mass is 10.2. The van der Waals surface area contributed by atoms with Crippen LogP contribution in [0.3, 0.4) is 0 Å². The van der Waals surface area contributed by atoms with Crippen LogP contribution in [0.15, 0.2) is 0 Å². The third kappa shape index (κ3) is 1.92. The zero-order valence-electron chi connectivity index (χ0n) is 6.62. The molecule has 1 saturated heterocycles. The Labute approximate surface area is 66.7 Å². The molecule has 0 bridgehead atoms. The molecule has 2 aliphatic rings. The van der Waals surface area contributed by atoms with Gasteiger partial charge in [-0.25, -0.2) is 0 Å². The first-order valence-electron chi connectivity index (χ1n) is 4.35. The molecule has 1 aliphatic heterocycles. The van der Waals surface area contributed by atoms with E-state index in [2.05, 4.69) is 5.32 Å². The Bertz CT molecular complexity index is 136. The summed E-state index contributed by atoms with van der Waals surface area (Å²) in [6.45, 7) is 2.24. The van der Waals surface area contributed by atoms with E-state index in [0.717, 1.165) is 12.5 Å². The number of rotatable bonds is 3. The number of hydrogen-bond donors (Lipinski definition) is 2. The molecule has 64 valence electrons. The van der Waals surface area contributed by atoms with Gasteiger partial charge in [-0.15, -0.1) is 0 Å². The third-order valence-corrected chi connectivity index (χ3v) is 2.42. The van der Waals surface area contributed by atoms with Crippen molar-refractivity contribution in [2.45, 2.75) is 25.0 Å². The maximum atomic E-state index is 9.33. The number of aliphatic hydroxyl groups is 1. The lowest BCUT2D eigenvalue weighted by Crippen LogP contribution is -2.39. The Kier molecular flexibility index (Phi) is 2.11. The summed E-state index contributed by atoms with van der Waals surface area (Å²) in [5.41, 5.74) is 0. The molecule has 0 unspecified atom stereocenters. The summed E-state index contributed by atoms with van der Waals surface area (Å²) in [5, 5.41) is 12.7. The number of hydrogen-bond acceptors (Lipinski definition) is 3. The molecule has 0 aromatic rings. The van der Waals surface area contributed by atoms with Crippen molar-refractivity contribution in [1.82, 2.24) is 5.32 Å². The van der Waals surface area contributed by atoms with Crippen LogP contribution in [0, 0.1) is 5.92 Å². The first-order valence-corrected chi connectivity index (χ1v) is 4.35. The second-order valence-corrected chi connectivity index (χ2v) is 3.56. The first kappa shape index (κ1) is 7.53. The maximum absolute atomic E-state index is 9.33.